The summed E-state index contributed by atoms with van der Waals surface area (Å²) in [7, 11) is 0. The molecule has 0 radical (unpaired) electrons. The van der Waals surface area contributed by atoms with Crippen LogP contribution in [-0.2, 0) is 0 Å². The summed E-state index contributed by atoms with van der Waals surface area (Å²) in [6.07, 6.45) is 4.15. The minimum absolute atomic E-state index is 0.549. The van der Waals surface area contributed by atoms with Gasteiger partial charge in [0.1, 0.15) is 0 Å². The van der Waals surface area contributed by atoms with E-state index in [1.165, 1.54) is 11.3 Å². The zero-order valence-corrected chi connectivity index (χ0v) is 10.6. The minimum Gasteiger partial charge on any atom is -0.317 e. The van der Waals surface area contributed by atoms with Crippen LogP contribution in [0.4, 0.5) is 0 Å². The quantitative estimate of drug-likeness (QED) is 0.849. The topological polar surface area (TPSA) is 53.6 Å². The normalized spacial score (nSPS) is 16.9. The maximum atomic E-state index is 4.52. The summed E-state index contributed by atoms with van der Waals surface area (Å²) in [4.78, 5) is 4.46. The van der Waals surface area contributed by atoms with Crippen LogP contribution in [0.3, 0.4) is 0 Å². The van der Waals surface area contributed by atoms with E-state index in [0.29, 0.717) is 5.92 Å². The van der Waals surface area contributed by atoms with Crippen molar-refractivity contribution in [1.29, 1.82) is 0 Å². The highest BCUT2D eigenvalue weighted by Crippen LogP contribution is 2.33. The highest BCUT2D eigenvalue weighted by Gasteiger charge is 2.23. The van der Waals surface area contributed by atoms with Gasteiger partial charge in [0.15, 0.2) is 0 Å². The number of rotatable bonds is 2. The molecule has 0 aliphatic carbocycles. The lowest BCUT2D eigenvalue weighted by Gasteiger charge is -2.22. The van der Waals surface area contributed by atoms with Crippen LogP contribution in [0.15, 0.2) is 24.4 Å². The van der Waals surface area contributed by atoms with Crippen molar-refractivity contribution in [2.45, 2.75) is 25.7 Å². The fraction of sp³-hybridized carbons (Fsp3) is 0.429. The van der Waals surface area contributed by atoms with Crippen LogP contribution in [0.5, 0.6) is 0 Å². The Hall–Kier alpha value is -1.68. The Morgan fingerprint density at radius 1 is 1.22 bits per heavy atom. The second-order valence-corrected chi connectivity index (χ2v) is 4.85. The molecule has 2 N–H and O–H groups in total. The first-order valence-electron chi connectivity index (χ1n) is 6.53. The summed E-state index contributed by atoms with van der Waals surface area (Å²) < 4.78 is 0. The first-order chi connectivity index (χ1) is 8.86. The molecule has 0 amide bonds. The van der Waals surface area contributed by atoms with E-state index in [1.807, 2.05) is 18.3 Å². The fourth-order valence-corrected chi connectivity index (χ4v) is 2.67. The van der Waals surface area contributed by atoms with Gasteiger partial charge >= 0.3 is 0 Å². The molecule has 1 fully saturated rings. The first kappa shape index (κ1) is 11.4. The van der Waals surface area contributed by atoms with Crippen molar-refractivity contribution in [2.24, 2.45) is 0 Å². The van der Waals surface area contributed by atoms with Gasteiger partial charge in [0.2, 0.25) is 0 Å². The molecule has 0 bridgehead atoms. The summed E-state index contributed by atoms with van der Waals surface area (Å²) in [6, 6.07) is 6.03. The summed E-state index contributed by atoms with van der Waals surface area (Å²) >= 11 is 0. The third kappa shape index (κ3) is 2.04. The number of nitrogens with one attached hydrogen (secondary N) is 2. The molecule has 2 aromatic rings. The number of hydrogen-bond acceptors (Lipinski definition) is 3. The standard InChI is InChI=1S/C14H18N4/c1-10-13(12-4-2-3-7-16-12)14(18-17-10)11-5-8-15-9-6-11/h2-4,7,11,15H,5-6,8-9H2,1H3,(H,17,18). The molecule has 18 heavy (non-hydrogen) atoms. The third-order valence-corrected chi connectivity index (χ3v) is 3.62. The molecule has 0 unspecified atom stereocenters. The molecule has 4 nitrogen and oxygen atoms in total. The average molecular weight is 242 g/mol. The Morgan fingerprint density at radius 2 is 2.06 bits per heavy atom. The number of aromatic amines is 1. The zero-order chi connectivity index (χ0) is 12.4. The smallest absolute Gasteiger partial charge is 0.0750 e. The maximum absolute atomic E-state index is 4.52. The molecule has 1 aliphatic rings. The van der Waals surface area contributed by atoms with E-state index in [-0.39, 0.29) is 0 Å². The third-order valence-electron chi connectivity index (χ3n) is 3.62. The van der Waals surface area contributed by atoms with Gasteiger partial charge in [0.25, 0.3) is 0 Å². The van der Waals surface area contributed by atoms with Gasteiger partial charge in [-0.2, -0.15) is 5.10 Å². The van der Waals surface area contributed by atoms with Gasteiger partial charge in [-0.1, -0.05) is 6.07 Å². The van der Waals surface area contributed by atoms with E-state index in [2.05, 4.69) is 33.5 Å². The summed E-state index contributed by atoms with van der Waals surface area (Å²) in [5.41, 5.74) is 4.52. The van der Waals surface area contributed by atoms with Crippen molar-refractivity contribution in [3.8, 4) is 11.3 Å². The van der Waals surface area contributed by atoms with Crippen LogP contribution in [0.2, 0.25) is 0 Å². The van der Waals surface area contributed by atoms with Crippen LogP contribution < -0.4 is 5.32 Å². The van der Waals surface area contributed by atoms with Gasteiger partial charge in [0.05, 0.1) is 11.4 Å². The number of aromatic nitrogens is 3. The molecular weight excluding hydrogens is 224 g/mol. The minimum atomic E-state index is 0.549. The van der Waals surface area contributed by atoms with Gasteiger partial charge in [-0.25, -0.2) is 0 Å². The van der Waals surface area contributed by atoms with Crippen LogP contribution in [0, 0.1) is 6.92 Å². The van der Waals surface area contributed by atoms with Crippen LogP contribution in [0.1, 0.15) is 30.1 Å². The van der Waals surface area contributed by atoms with Gasteiger partial charge < -0.3 is 5.32 Å². The van der Waals surface area contributed by atoms with Crippen molar-refractivity contribution >= 4 is 0 Å². The largest absolute Gasteiger partial charge is 0.317 e. The second kappa shape index (κ2) is 4.90. The van der Waals surface area contributed by atoms with Gasteiger partial charge in [-0.3, -0.25) is 10.1 Å². The Bertz CT molecular complexity index is 512. The SMILES string of the molecule is Cc1[nH]nc(C2CCNCC2)c1-c1ccccn1. The Morgan fingerprint density at radius 3 is 2.78 bits per heavy atom. The lowest BCUT2D eigenvalue weighted by Crippen LogP contribution is -2.27. The fourth-order valence-electron chi connectivity index (χ4n) is 2.67. The monoisotopic (exact) mass is 242 g/mol. The number of piperidine rings is 1. The molecule has 3 rings (SSSR count). The Labute approximate surface area is 107 Å². The first-order valence-corrected chi connectivity index (χ1v) is 6.53. The summed E-state index contributed by atoms with van der Waals surface area (Å²) in [5, 5.41) is 11.0. The van der Waals surface area contributed by atoms with E-state index < -0.39 is 0 Å². The van der Waals surface area contributed by atoms with E-state index in [0.717, 1.165) is 37.3 Å². The van der Waals surface area contributed by atoms with Crippen molar-refractivity contribution in [2.75, 3.05) is 13.1 Å². The molecule has 4 heteroatoms. The lowest BCUT2D eigenvalue weighted by atomic mass is 9.90. The molecule has 0 aromatic carbocycles. The average Bonchev–Trinajstić information content (AvgIpc) is 2.83. The van der Waals surface area contributed by atoms with Gasteiger partial charge in [-0.05, 0) is 45.0 Å². The van der Waals surface area contributed by atoms with Crippen LogP contribution >= 0.6 is 0 Å². The second-order valence-electron chi connectivity index (χ2n) is 4.85. The number of aryl methyl sites for hydroxylation is 1. The maximum Gasteiger partial charge on any atom is 0.0750 e. The summed E-state index contributed by atoms with van der Waals surface area (Å²) in [6.45, 7) is 4.23. The number of nitrogens with zero attached hydrogens (tertiary/aromatic N) is 2. The molecule has 0 atom stereocenters. The Balaban J connectivity index is 2.01. The van der Waals surface area contributed by atoms with E-state index in [4.69, 9.17) is 0 Å². The number of pyridine rings is 1. The molecule has 3 heterocycles. The van der Waals surface area contributed by atoms with Crippen molar-refractivity contribution in [1.82, 2.24) is 20.5 Å². The molecule has 2 aromatic heterocycles. The van der Waals surface area contributed by atoms with Crippen LogP contribution in [0.25, 0.3) is 11.3 Å². The number of hydrogen-bond donors (Lipinski definition) is 2. The zero-order valence-electron chi connectivity index (χ0n) is 10.6. The number of H-pyrrole nitrogens is 1. The molecule has 94 valence electrons. The summed E-state index contributed by atoms with van der Waals surface area (Å²) in [5.74, 6) is 0.549. The molecular formula is C14H18N4. The predicted octanol–water partition coefficient (Wildman–Crippen LogP) is 2.25. The molecule has 1 saturated heterocycles. The van der Waals surface area contributed by atoms with Crippen molar-refractivity contribution in [3.63, 3.8) is 0 Å². The molecule has 0 spiro atoms. The predicted molar refractivity (Wildman–Crippen MR) is 71.4 cm³/mol. The molecule has 1 aliphatic heterocycles. The lowest BCUT2D eigenvalue weighted by molar-refractivity contribution is 0.453. The van der Waals surface area contributed by atoms with Gasteiger partial charge in [0, 0.05) is 23.4 Å². The Kier molecular flexibility index (Phi) is 3.11. The van der Waals surface area contributed by atoms with Crippen molar-refractivity contribution in [3.05, 3.63) is 35.8 Å². The van der Waals surface area contributed by atoms with E-state index in [1.54, 1.807) is 0 Å². The van der Waals surface area contributed by atoms with Gasteiger partial charge in [-0.15, -0.1) is 0 Å². The molecule has 0 saturated carbocycles. The highest BCUT2D eigenvalue weighted by molar-refractivity contribution is 5.65. The highest BCUT2D eigenvalue weighted by atomic mass is 15.1. The van der Waals surface area contributed by atoms with E-state index >= 15 is 0 Å². The van der Waals surface area contributed by atoms with Crippen LogP contribution in [-0.4, -0.2) is 28.3 Å². The van der Waals surface area contributed by atoms with E-state index in [9.17, 15) is 0 Å². The van der Waals surface area contributed by atoms with Crippen molar-refractivity contribution < 1.29 is 0 Å².